The number of amides is 1. The Kier molecular flexibility index (Phi) is 5.64. The molecule has 0 aliphatic heterocycles. The first-order valence-electron chi connectivity index (χ1n) is 6.93. The topological polar surface area (TPSA) is 87.8 Å². The zero-order valence-electron chi connectivity index (χ0n) is 13.1. The molecule has 0 unspecified atom stereocenters. The van der Waals surface area contributed by atoms with E-state index in [1.807, 2.05) is 37.2 Å². The Bertz CT molecular complexity index is 806. The summed E-state index contributed by atoms with van der Waals surface area (Å²) >= 11 is 3.47. The summed E-state index contributed by atoms with van der Waals surface area (Å²) in [6.45, 7) is 0. The van der Waals surface area contributed by atoms with Crippen molar-refractivity contribution in [3.63, 3.8) is 0 Å². The highest BCUT2D eigenvalue weighted by molar-refractivity contribution is 9.10. The predicted molar refractivity (Wildman–Crippen MR) is 96.6 cm³/mol. The first kappa shape index (κ1) is 17.6. The van der Waals surface area contributed by atoms with Crippen LogP contribution in [0.5, 0.6) is 0 Å². The molecule has 2 rings (SSSR count). The number of anilines is 1. The zero-order chi connectivity index (χ0) is 17.7. The van der Waals surface area contributed by atoms with Gasteiger partial charge in [0.2, 0.25) is 0 Å². The Morgan fingerprint density at radius 1 is 1.29 bits per heavy atom. The standard InChI is InChI=1S/C16H15BrN4O3/c1-20(2)15-7-6-11(8-14(15)17)10-18-19-16(22)12-4-3-5-13(9-12)21(23)24/h3-10H,1-2H3,(H,19,22)/b18-10-. The Morgan fingerprint density at radius 3 is 2.67 bits per heavy atom. The maximum atomic E-state index is 12.0. The molecule has 1 N–H and O–H groups in total. The van der Waals surface area contributed by atoms with E-state index >= 15 is 0 Å². The summed E-state index contributed by atoms with van der Waals surface area (Å²) in [4.78, 5) is 24.1. The zero-order valence-corrected chi connectivity index (χ0v) is 14.6. The second-order valence-corrected chi connectivity index (χ2v) is 5.97. The van der Waals surface area contributed by atoms with Gasteiger partial charge in [0, 0.05) is 36.3 Å². The highest BCUT2D eigenvalue weighted by atomic mass is 79.9. The van der Waals surface area contributed by atoms with Gasteiger partial charge in [-0.2, -0.15) is 5.10 Å². The summed E-state index contributed by atoms with van der Waals surface area (Å²) in [7, 11) is 3.88. The normalized spacial score (nSPS) is 10.6. The van der Waals surface area contributed by atoms with E-state index in [1.165, 1.54) is 30.5 Å². The molecular formula is C16H15BrN4O3. The number of nitrogens with zero attached hydrogens (tertiary/aromatic N) is 3. The summed E-state index contributed by atoms with van der Waals surface area (Å²) in [5.74, 6) is -0.515. The molecule has 0 aliphatic carbocycles. The van der Waals surface area contributed by atoms with E-state index in [1.54, 1.807) is 0 Å². The molecule has 0 aromatic heterocycles. The molecule has 2 aromatic carbocycles. The third-order valence-corrected chi connectivity index (χ3v) is 3.79. The molecule has 0 saturated carbocycles. The van der Waals surface area contributed by atoms with E-state index in [2.05, 4.69) is 26.5 Å². The van der Waals surface area contributed by atoms with Crippen LogP contribution in [0.2, 0.25) is 0 Å². The highest BCUT2D eigenvalue weighted by Crippen LogP contribution is 2.25. The van der Waals surface area contributed by atoms with E-state index < -0.39 is 10.8 Å². The van der Waals surface area contributed by atoms with E-state index in [9.17, 15) is 14.9 Å². The molecule has 0 bridgehead atoms. The number of hydrogen-bond acceptors (Lipinski definition) is 5. The number of carbonyl (C=O) groups excluding carboxylic acids is 1. The van der Waals surface area contributed by atoms with Gasteiger partial charge < -0.3 is 4.90 Å². The highest BCUT2D eigenvalue weighted by Gasteiger charge is 2.10. The molecule has 8 heteroatoms. The molecule has 0 saturated heterocycles. The molecule has 24 heavy (non-hydrogen) atoms. The van der Waals surface area contributed by atoms with Gasteiger partial charge in [0.25, 0.3) is 11.6 Å². The number of hydrazone groups is 1. The first-order chi connectivity index (χ1) is 11.4. The fourth-order valence-electron chi connectivity index (χ4n) is 1.96. The Hall–Kier alpha value is -2.74. The lowest BCUT2D eigenvalue weighted by atomic mass is 10.2. The lowest BCUT2D eigenvalue weighted by Crippen LogP contribution is -2.17. The van der Waals surface area contributed by atoms with E-state index in [4.69, 9.17) is 0 Å². The Balaban J connectivity index is 2.06. The summed E-state index contributed by atoms with van der Waals surface area (Å²) in [5, 5.41) is 14.6. The first-order valence-corrected chi connectivity index (χ1v) is 7.72. The average Bonchev–Trinajstić information content (AvgIpc) is 2.54. The summed E-state index contributed by atoms with van der Waals surface area (Å²) in [6.07, 6.45) is 1.50. The van der Waals surface area contributed by atoms with E-state index in [0.29, 0.717) is 0 Å². The van der Waals surface area contributed by atoms with Crippen LogP contribution in [0, 0.1) is 10.1 Å². The smallest absolute Gasteiger partial charge is 0.271 e. The fourth-order valence-corrected chi connectivity index (χ4v) is 2.71. The van der Waals surface area contributed by atoms with Crippen molar-refractivity contribution in [2.45, 2.75) is 0 Å². The van der Waals surface area contributed by atoms with Crippen LogP contribution in [0.25, 0.3) is 0 Å². The van der Waals surface area contributed by atoms with Crippen molar-refractivity contribution in [3.05, 3.63) is 68.2 Å². The Labute approximate surface area is 147 Å². The Morgan fingerprint density at radius 2 is 2.04 bits per heavy atom. The minimum Gasteiger partial charge on any atom is -0.377 e. The summed E-state index contributed by atoms with van der Waals surface area (Å²) < 4.78 is 0.904. The van der Waals surface area contributed by atoms with Gasteiger partial charge in [0.1, 0.15) is 0 Å². The van der Waals surface area contributed by atoms with Crippen molar-refractivity contribution < 1.29 is 9.72 Å². The molecule has 0 atom stereocenters. The number of nitrogens with one attached hydrogen (secondary N) is 1. The molecule has 0 fully saturated rings. The number of benzene rings is 2. The molecule has 124 valence electrons. The number of rotatable bonds is 5. The van der Waals surface area contributed by atoms with Crippen LogP contribution in [-0.4, -0.2) is 31.1 Å². The van der Waals surface area contributed by atoms with Crippen molar-refractivity contribution in [1.82, 2.24) is 5.43 Å². The molecule has 0 spiro atoms. The van der Waals surface area contributed by atoms with Gasteiger partial charge in [-0.3, -0.25) is 14.9 Å². The van der Waals surface area contributed by atoms with Crippen molar-refractivity contribution in [2.24, 2.45) is 5.10 Å². The number of nitro benzene ring substituents is 1. The van der Waals surface area contributed by atoms with E-state index in [0.717, 1.165) is 15.7 Å². The van der Waals surface area contributed by atoms with Gasteiger partial charge in [0.05, 0.1) is 16.8 Å². The molecular weight excluding hydrogens is 376 g/mol. The van der Waals surface area contributed by atoms with Crippen molar-refractivity contribution in [1.29, 1.82) is 0 Å². The predicted octanol–water partition coefficient (Wildman–Crippen LogP) is 3.19. The second-order valence-electron chi connectivity index (χ2n) is 5.11. The third kappa shape index (κ3) is 4.39. The van der Waals surface area contributed by atoms with Gasteiger partial charge in [0.15, 0.2) is 0 Å². The van der Waals surface area contributed by atoms with Gasteiger partial charge in [-0.1, -0.05) is 12.1 Å². The van der Waals surface area contributed by atoms with Gasteiger partial charge >= 0.3 is 0 Å². The van der Waals surface area contributed by atoms with Crippen LogP contribution >= 0.6 is 15.9 Å². The van der Waals surface area contributed by atoms with E-state index in [-0.39, 0.29) is 11.3 Å². The monoisotopic (exact) mass is 390 g/mol. The molecule has 0 radical (unpaired) electrons. The molecule has 7 nitrogen and oxygen atoms in total. The average molecular weight is 391 g/mol. The van der Waals surface area contributed by atoms with Crippen molar-refractivity contribution >= 4 is 39.4 Å². The summed E-state index contributed by atoms with van der Waals surface area (Å²) in [5.41, 5.74) is 4.20. The number of carbonyl (C=O) groups is 1. The number of halogens is 1. The molecule has 0 heterocycles. The number of hydrogen-bond donors (Lipinski definition) is 1. The van der Waals surface area contributed by atoms with Gasteiger partial charge in [-0.05, 0) is 39.7 Å². The van der Waals surface area contributed by atoms with Crippen LogP contribution in [0.4, 0.5) is 11.4 Å². The lowest BCUT2D eigenvalue weighted by molar-refractivity contribution is -0.384. The summed E-state index contributed by atoms with van der Waals surface area (Å²) in [6, 6.07) is 11.1. The lowest BCUT2D eigenvalue weighted by Gasteiger charge is -2.14. The van der Waals surface area contributed by atoms with Crippen LogP contribution in [-0.2, 0) is 0 Å². The molecule has 1 amide bonds. The molecule has 2 aromatic rings. The quantitative estimate of drug-likeness (QED) is 0.482. The van der Waals surface area contributed by atoms with Gasteiger partial charge in [-0.25, -0.2) is 5.43 Å². The molecule has 0 aliphatic rings. The van der Waals surface area contributed by atoms with Crippen LogP contribution < -0.4 is 10.3 Å². The minimum absolute atomic E-state index is 0.144. The van der Waals surface area contributed by atoms with Crippen molar-refractivity contribution in [2.75, 3.05) is 19.0 Å². The van der Waals surface area contributed by atoms with Crippen LogP contribution in [0.1, 0.15) is 15.9 Å². The number of nitro groups is 1. The fraction of sp³-hybridized carbons (Fsp3) is 0.125. The maximum Gasteiger partial charge on any atom is 0.271 e. The third-order valence-electron chi connectivity index (χ3n) is 3.15. The largest absolute Gasteiger partial charge is 0.377 e. The van der Waals surface area contributed by atoms with Crippen molar-refractivity contribution in [3.8, 4) is 0 Å². The SMILES string of the molecule is CN(C)c1ccc(/C=N\NC(=O)c2cccc([N+](=O)[O-])c2)cc1Br. The van der Waals surface area contributed by atoms with Gasteiger partial charge in [-0.15, -0.1) is 0 Å². The van der Waals surface area contributed by atoms with Crippen LogP contribution in [0.15, 0.2) is 52.0 Å². The number of non-ortho nitro benzene ring substituents is 1. The van der Waals surface area contributed by atoms with Crippen LogP contribution in [0.3, 0.4) is 0 Å². The second kappa shape index (κ2) is 7.69. The maximum absolute atomic E-state index is 12.0. The minimum atomic E-state index is -0.552.